The van der Waals surface area contributed by atoms with Crippen LogP contribution in [0.15, 0.2) is 30.3 Å². The third kappa shape index (κ3) is 3.98. The predicted octanol–water partition coefficient (Wildman–Crippen LogP) is 5.30. The van der Waals surface area contributed by atoms with Crippen molar-refractivity contribution >= 4 is 6.16 Å². The number of carbonyl (C=O) groups is 1. The summed E-state index contributed by atoms with van der Waals surface area (Å²) in [6, 6.07) is 8.79. The number of rotatable bonds is 6. The SMILES string of the molecule is CCc1cc(C2CC2)c(OCc2c(C)cccc2OC(=O)OC)cc1F. The molecule has 5 heteroatoms. The smallest absolute Gasteiger partial charge is 0.488 e. The van der Waals surface area contributed by atoms with E-state index in [4.69, 9.17) is 9.47 Å². The van der Waals surface area contributed by atoms with Gasteiger partial charge in [-0.2, -0.15) is 0 Å². The Bertz CT molecular complexity index is 812. The molecule has 2 aromatic rings. The summed E-state index contributed by atoms with van der Waals surface area (Å²) in [4.78, 5) is 11.5. The Morgan fingerprint density at radius 2 is 2.00 bits per heavy atom. The molecule has 2 aromatic carbocycles. The van der Waals surface area contributed by atoms with Gasteiger partial charge < -0.3 is 14.2 Å². The van der Waals surface area contributed by atoms with Crippen LogP contribution in [0.5, 0.6) is 11.5 Å². The summed E-state index contributed by atoms with van der Waals surface area (Å²) in [5, 5.41) is 0. The molecule has 0 heterocycles. The van der Waals surface area contributed by atoms with Crippen LogP contribution in [-0.4, -0.2) is 13.3 Å². The first-order valence-corrected chi connectivity index (χ1v) is 8.82. The average molecular weight is 358 g/mol. The minimum atomic E-state index is -0.783. The molecule has 0 unspecified atom stereocenters. The van der Waals surface area contributed by atoms with Gasteiger partial charge in [0.25, 0.3) is 0 Å². The normalized spacial score (nSPS) is 13.4. The van der Waals surface area contributed by atoms with Crippen LogP contribution in [0.1, 0.15) is 47.9 Å². The minimum Gasteiger partial charge on any atom is -0.488 e. The predicted molar refractivity (Wildman–Crippen MR) is 96.3 cm³/mol. The van der Waals surface area contributed by atoms with Crippen molar-refractivity contribution < 1.29 is 23.4 Å². The maximum atomic E-state index is 14.3. The third-order valence-corrected chi connectivity index (χ3v) is 4.68. The monoisotopic (exact) mass is 358 g/mol. The van der Waals surface area contributed by atoms with Crippen molar-refractivity contribution in [2.45, 2.75) is 45.6 Å². The van der Waals surface area contributed by atoms with Crippen LogP contribution < -0.4 is 9.47 Å². The molecule has 0 saturated heterocycles. The number of hydrogen-bond acceptors (Lipinski definition) is 4. The molecule has 138 valence electrons. The van der Waals surface area contributed by atoms with E-state index in [1.807, 2.05) is 26.0 Å². The highest BCUT2D eigenvalue weighted by atomic mass is 19.1. The first-order chi connectivity index (χ1) is 12.5. The van der Waals surface area contributed by atoms with Crippen LogP contribution in [0.4, 0.5) is 9.18 Å². The molecule has 26 heavy (non-hydrogen) atoms. The van der Waals surface area contributed by atoms with Gasteiger partial charge >= 0.3 is 6.16 Å². The molecular weight excluding hydrogens is 335 g/mol. The highest BCUT2D eigenvalue weighted by molar-refractivity contribution is 5.64. The Labute approximate surface area is 152 Å². The standard InChI is InChI=1S/C21H23FO4/c1-4-14-10-16(15-8-9-15)20(11-18(14)22)25-12-17-13(2)6-5-7-19(17)26-21(23)24-3/h5-7,10-11,15H,4,8-9,12H2,1-3H3. The van der Waals surface area contributed by atoms with Gasteiger partial charge in [0, 0.05) is 11.6 Å². The molecule has 1 aliphatic carbocycles. The summed E-state index contributed by atoms with van der Waals surface area (Å²) in [7, 11) is 1.26. The van der Waals surface area contributed by atoms with Crippen molar-refractivity contribution in [3.8, 4) is 11.5 Å². The summed E-state index contributed by atoms with van der Waals surface area (Å²) in [5.74, 6) is 1.14. The summed E-state index contributed by atoms with van der Waals surface area (Å²) >= 11 is 0. The number of methoxy groups -OCH3 is 1. The highest BCUT2D eigenvalue weighted by Crippen LogP contribution is 2.45. The van der Waals surface area contributed by atoms with Crippen LogP contribution in [0, 0.1) is 12.7 Å². The van der Waals surface area contributed by atoms with E-state index in [2.05, 4.69) is 4.74 Å². The fourth-order valence-corrected chi connectivity index (χ4v) is 2.97. The first kappa shape index (κ1) is 18.2. The fourth-order valence-electron chi connectivity index (χ4n) is 2.97. The lowest BCUT2D eigenvalue weighted by atomic mass is 10.0. The highest BCUT2D eigenvalue weighted by Gasteiger charge is 2.28. The lowest BCUT2D eigenvalue weighted by Gasteiger charge is -2.16. The van der Waals surface area contributed by atoms with Gasteiger partial charge in [-0.3, -0.25) is 0 Å². The zero-order valence-corrected chi connectivity index (χ0v) is 15.3. The van der Waals surface area contributed by atoms with E-state index in [0.29, 0.717) is 29.4 Å². The second-order valence-electron chi connectivity index (χ2n) is 6.51. The summed E-state index contributed by atoms with van der Waals surface area (Å²) < 4.78 is 30.0. The molecule has 0 atom stereocenters. The molecule has 0 aliphatic heterocycles. The molecule has 3 rings (SSSR count). The molecule has 0 amide bonds. The van der Waals surface area contributed by atoms with E-state index < -0.39 is 6.16 Å². The minimum absolute atomic E-state index is 0.184. The Morgan fingerprint density at radius 3 is 2.65 bits per heavy atom. The summed E-state index contributed by atoms with van der Waals surface area (Å²) in [6.45, 7) is 4.04. The van der Waals surface area contributed by atoms with Crippen molar-refractivity contribution in [2.75, 3.05) is 7.11 Å². The molecule has 0 radical (unpaired) electrons. The number of carbonyl (C=O) groups excluding carboxylic acids is 1. The second kappa shape index (κ2) is 7.77. The van der Waals surface area contributed by atoms with E-state index in [-0.39, 0.29) is 12.4 Å². The Morgan fingerprint density at radius 1 is 1.23 bits per heavy atom. The lowest BCUT2D eigenvalue weighted by Crippen LogP contribution is -2.11. The van der Waals surface area contributed by atoms with Crippen LogP contribution in [0.3, 0.4) is 0 Å². The number of aryl methyl sites for hydroxylation is 2. The molecule has 1 saturated carbocycles. The van der Waals surface area contributed by atoms with E-state index >= 15 is 0 Å². The van der Waals surface area contributed by atoms with Gasteiger partial charge in [0.05, 0.1) is 7.11 Å². The zero-order valence-electron chi connectivity index (χ0n) is 15.3. The van der Waals surface area contributed by atoms with Crippen LogP contribution in [0.25, 0.3) is 0 Å². The lowest BCUT2D eigenvalue weighted by molar-refractivity contribution is 0.120. The summed E-state index contributed by atoms with van der Waals surface area (Å²) in [5.41, 5.74) is 3.43. The maximum Gasteiger partial charge on any atom is 0.513 e. The zero-order chi connectivity index (χ0) is 18.7. The molecule has 4 nitrogen and oxygen atoms in total. The van der Waals surface area contributed by atoms with Gasteiger partial charge in [0.1, 0.15) is 23.9 Å². The quantitative estimate of drug-likeness (QED) is 0.519. The van der Waals surface area contributed by atoms with E-state index in [1.54, 1.807) is 12.1 Å². The van der Waals surface area contributed by atoms with Crippen molar-refractivity contribution in [1.29, 1.82) is 0 Å². The molecule has 0 bridgehead atoms. The van der Waals surface area contributed by atoms with E-state index in [1.165, 1.54) is 13.2 Å². The third-order valence-electron chi connectivity index (χ3n) is 4.68. The van der Waals surface area contributed by atoms with Crippen molar-refractivity contribution in [2.24, 2.45) is 0 Å². The Kier molecular flexibility index (Phi) is 5.45. The van der Waals surface area contributed by atoms with Gasteiger partial charge in [-0.15, -0.1) is 0 Å². The first-order valence-electron chi connectivity index (χ1n) is 8.82. The van der Waals surface area contributed by atoms with Crippen molar-refractivity contribution in [3.05, 3.63) is 58.4 Å². The van der Waals surface area contributed by atoms with Crippen molar-refractivity contribution in [3.63, 3.8) is 0 Å². The molecule has 0 N–H and O–H groups in total. The Balaban J connectivity index is 1.85. The molecule has 0 aromatic heterocycles. The second-order valence-corrected chi connectivity index (χ2v) is 6.51. The van der Waals surface area contributed by atoms with Gasteiger partial charge in [-0.05, 0) is 60.9 Å². The van der Waals surface area contributed by atoms with Crippen molar-refractivity contribution in [1.82, 2.24) is 0 Å². The fraction of sp³-hybridized carbons (Fsp3) is 0.381. The number of benzene rings is 2. The van der Waals surface area contributed by atoms with Gasteiger partial charge in [0.2, 0.25) is 0 Å². The molecule has 1 fully saturated rings. The molecule has 1 aliphatic rings. The molecule has 0 spiro atoms. The number of ether oxygens (including phenoxy) is 3. The number of halogens is 1. The number of hydrogen-bond donors (Lipinski definition) is 0. The summed E-state index contributed by atoms with van der Waals surface area (Å²) in [6.07, 6.45) is 2.08. The van der Waals surface area contributed by atoms with Crippen LogP contribution in [-0.2, 0) is 17.8 Å². The van der Waals surface area contributed by atoms with E-state index in [9.17, 15) is 9.18 Å². The Hall–Kier alpha value is -2.56. The largest absolute Gasteiger partial charge is 0.513 e. The topological polar surface area (TPSA) is 44.8 Å². The van der Waals surface area contributed by atoms with Crippen LogP contribution in [0.2, 0.25) is 0 Å². The average Bonchev–Trinajstić information content (AvgIpc) is 3.46. The van der Waals surface area contributed by atoms with Gasteiger partial charge in [-0.1, -0.05) is 19.1 Å². The van der Waals surface area contributed by atoms with Gasteiger partial charge in [-0.25, -0.2) is 9.18 Å². The van der Waals surface area contributed by atoms with Crippen LogP contribution >= 0.6 is 0 Å². The molecular formula is C21H23FO4. The van der Waals surface area contributed by atoms with Gasteiger partial charge in [0.15, 0.2) is 0 Å². The maximum absolute atomic E-state index is 14.3. The van der Waals surface area contributed by atoms with E-state index in [0.717, 1.165) is 29.5 Å².